The molecule has 9 nitrogen and oxygen atoms in total. The van der Waals surface area contributed by atoms with E-state index in [0.717, 1.165) is 130 Å². The highest BCUT2D eigenvalue weighted by Crippen LogP contribution is 2.45. The van der Waals surface area contributed by atoms with Crippen molar-refractivity contribution in [2.75, 3.05) is 105 Å². The molecule has 0 aromatic heterocycles. The first-order valence-corrected chi connectivity index (χ1v) is 13.0. The molecule has 3 fully saturated rings. The smallest absolute Gasteiger partial charge is 0.150 e. The molecule has 32 heavy (non-hydrogen) atoms. The number of carbonyl (C=O) groups is 1. The van der Waals surface area contributed by atoms with Gasteiger partial charge in [0.1, 0.15) is 5.78 Å². The zero-order valence-corrected chi connectivity index (χ0v) is 20.1. The molecule has 1 saturated carbocycles. The fourth-order valence-electron chi connectivity index (χ4n) is 5.26. The lowest BCUT2D eigenvalue weighted by Gasteiger charge is -2.34. The molecule has 2 aliphatic heterocycles. The molecule has 0 aromatic rings. The van der Waals surface area contributed by atoms with Crippen molar-refractivity contribution in [3.63, 3.8) is 0 Å². The average molecular weight is 453 g/mol. The van der Waals surface area contributed by atoms with E-state index >= 15 is 0 Å². The summed E-state index contributed by atoms with van der Waals surface area (Å²) in [6.07, 6.45) is 4.20. The van der Waals surface area contributed by atoms with Gasteiger partial charge in [-0.3, -0.25) is 4.79 Å². The number of hydrogen-bond acceptors (Lipinski definition) is 9. The molecule has 3 aliphatic rings. The highest BCUT2D eigenvalue weighted by molar-refractivity contribution is 5.93. The number of hydrogen-bond donors (Lipinski definition) is 8. The second-order valence-electron chi connectivity index (χ2n) is 9.80. The molecular weight excluding hydrogens is 404 g/mol. The largest absolute Gasteiger partial charge is 0.315 e. The van der Waals surface area contributed by atoms with Crippen LogP contribution in [0.4, 0.5) is 0 Å². The summed E-state index contributed by atoms with van der Waals surface area (Å²) >= 11 is 0. The van der Waals surface area contributed by atoms with E-state index in [2.05, 4.69) is 42.5 Å². The summed E-state index contributed by atoms with van der Waals surface area (Å²) in [5.74, 6) is 0.436. The van der Waals surface area contributed by atoms with Gasteiger partial charge < -0.3 is 42.5 Å². The lowest BCUT2D eigenvalue weighted by Crippen LogP contribution is -2.54. The van der Waals surface area contributed by atoms with E-state index in [0.29, 0.717) is 5.78 Å². The topological polar surface area (TPSA) is 113 Å². The first-order valence-electron chi connectivity index (χ1n) is 13.0. The molecule has 2 spiro atoms. The van der Waals surface area contributed by atoms with E-state index in [4.69, 9.17) is 0 Å². The third-order valence-corrected chi connectivity index (χ3v) is 7.23. The molecule has 186 valence electrons. The minimum Gasteiger partial charge on any atom is -0.315 e. The van der Waals surface area contributed by atoms with Crippen molar-refractivity contribution in [2.45, 2.75) is 25.7 Å². The highest BCUT2D eigenvalue weighted by Gasteiger charge is 2.55. The molecule has 0 unspecified atom stereocenters. The van der Waals surface area contributed by atoms with Crippen molar-refractivity contribution >= 4 is 5.78 Å². The van der Waals surface area contributed by atoms with Gasteiger partial charge in [-0.2, -0.15) is 0 Å². The van der Waals surface area contributed by atoms with Gasteiger partial charge in [-0.05, 0) is 51.9 Å². The summed E-state index contributed by atoms with van der Waals surface area (Å²) in [6, 6.07) is 0. The van der Waals surface area contributed by atoms with Crippen molar-refractivity contribution in [3.05, 3.63) is 0 Å². The van der Waals surface area contributed by atoms with Crippen LogP contribution in [0.25, 0.3) is 0 Å². The van der Waals surface area contributed by atoms with Crippen molar-refractivity contribution < 1.29 is 4.79 Å². The molecular formula is C23H48N8O. The molecule has 0 atom stereocenters. The number of ketones is 1. The van der Waals surface area contributed by atoms with Gasteiger partial charge in [0.2, 0.25) is 0 Å². The summed E-state index contributed by atoms with van der Waals surface area (Å²) in [6.45, 7) is 14.6. The highest BCUT2D eigenvalue weighted by atomic mass is 16.1. The predicted octanol–water partition coefficient (Wildman–Crippen LogP) is -2.15. The Kier molecular flexibility index (Phi) is 11.8. The quantitative estimate of drug-likeness (QED) is 0.208. The van der Waals surface area contributed by atoms with Crippen LogP contribution in [0.1, 0.15) is 25.7 Å². The second kappa shape index (κ2) is 14.6. The van der Waals surface area contributed by atoms with E-state index in [1.165, 1.54) is 0 Å². The maximum atomic E-state index is 14.1. The van der Waals surface area contributed by atoms with Gasteiger partial charge in [-0.25, -0.2) is 0 Å². The van der Waals surface area contributed by atoms with Crippen LogP contribution in [0.2, 0.25) is 0 Å². The Morgan fingerprint density at radius 2 is 0.688 bits per heavy atom. The van der Waals surface area contributed by atoms with E-state index in [-0.39, 0.29) is 10.8 Å². The molecule has 8 N–H and O–H groups in total. The fourth-order valence-corrected chi connectivity index (χ4v) is 5.26. The number of Topliss-reactive ketones (excluding diaryl/α,β-unsaturated/α-hetero) is 1. The fraction of sp³-hybridized carbons (Fsp3) is 0.957. The summed E-state index contributed by atoms with van der Waals surface area (Å²) in [5, 5.41) is 28.4. The Bertz CT molecular complexity index is 460. The van der Waals surface area contributed by atoms with Crippen LogP contribution in [-0.2, 0) is 4.79 Å². The molecule has 0 amide bonds. The minimum atomic E-state index is -0.324. The van der Waals surface area contributed by atoms with Crippen LogP contribution in [0, 0.1) is 10.8 Å². The second-order valence-corrected chi connectivity index (χ2v) is 9.80. The van der Waals surface area contributed by atoms with Gasteiger partial charge in [0.25, 0.3) is 0 Å². The minimum absolute atomic E-state index is 0.324. The zero-order valence-electron chi connectivity index (χ0n) is 20.1. The van der Waals surface area contributed by atoms with Gasteiger partial charge >= 0.3 is 0 Å². The lowest BCUT2D eigenvalue weighted by atomic mass is 9.77. The Morgan fingerprint density at radius 3 is 1.00 bits per heavy atom. The van der Waals surface area contributed by atoms with Gasteiger partial charge in [-0.15, -0.1) is 0 Å². The van der Waals surface area contributed by atoms with Crippen molar-refractivity contribution in [1.29, 1.82) is 0 Å². The van der Waals surface area contributed by atoms with E-state index in [9.17, 15) is 4.79 Å². The molecule has 0 aromatic carbocycles. The normalized spacial score (nSPS) is 28.2. The number of rotatable bonds is 0. The van der Waals surface area contributed by atoms with E-state index < -0.39 is 0 Å². The summed E-state index contributed by atoms with van der Waals surface area (Å²) in [7, 11) is 0. The molecule has 2 saturated heterocycles. The first-order chi connectivity index (χ1) is 15.8. The van der Waals surface area contributed by atoms with Crippen LogP contribution in [-0.4, -0.2) is 110 Å². The predicted molar refractivity (Wildman–Crippen MR) is 131 cm³/mol. The lowest BCUT2D eigenvalue weighted by molar-refractivity contribution is -0.133. The standard InChI is InChI=1S/C23H48N8O/c32-21-22(17-28-13-9-24-5-1-6-25-10-14-29-18-22)3-4-23(21)19-30-15-11-26-7-2-8-27-12-16-31-20-23/h24-31H,1-20H2. The molecule has 3 rings (SSSR count). The Hall–Kier alpha value is -0.650. The maximum absolute atomic E-state index is 14.1. The zero-order chi connectivity index (χ0) is 22.4. The van der Waals surface area contributed by atoms with Crippen molar-refractivity contribution in [2.24, 2.45) is 10.8 Å². The first kappa shape index (κ1) is 26.0. The number of carbonyl (C=O) groups excluding carboxylic acids is 1. The molecule has 9 heteroatoms. The van der Waals surface area contributed by atoms with E-state index in [1.807, 2.05) is 0 Å². The third kappa shape index (κ3) is 7.99. The van der Waals surface area contributed by atoms with Crippen LogP contribution >= 0.6 is 0 Å². The van der Waals surface area contributed by atoms with Crippen LogP contribution in [0.3, 0.4) is 0 Å². The van der Waals surface area contributed by atoms with Crippen LogP contribution < -0.4 is 42.5 Å². The molecule has 2 heterocycles. The van der Waals surface area contributed by atoms with Gasteiger partial charge in [0, 0.05) is 78.5 Å². The van der Waals surface area contributed by atoms with Crippen molar-refractivity contribution in [3.8, 4) is 0 Å². The Balaban J connectivity index is 1.64. The summed E-state index contributed by atoms with van der Waals surface area (Å²) in [4.78, 5) is 14.1. The van der Waals surface area contributed by atoms with Gasteiger partial charge in [0.05, 0.1) is 10.8 Å². The average Bonchev–Trinajstić information content (AvgIpc) is 3.06. The van der Waals surface area contributed by atoms with Crippen LogP contribution in [0.5, 0.6) is 0 Å². The van der Waals surface area contributed by atoms with Crippen LogP contribution in [0.15, 0.2) is 0 Å². The third-order valence-electron chi connectivity index (χ3n) is 7.23. The molecule has 0 bridgehead atoms. The SMILES string of the molecule is O=C1C2(CCC13CNCCNCCCNCCNC3)CNCCNCCCNCCNC2. The summed E-state index contributed by atoms with van der Waals surface area (Å²) < 4.78 is 0. The van der Waals surface area contributed by atoms with Crippen molar-refractivity contribution in [1.82, 2.24) is 42.5 Å². The van der Waals surface area contributed by atoms with Gasteiger partial charge in [0.15, 0.2) is 0 Å². The van der Waals surface area contributed by atoms with E-state index in [1.54, 1.807) is 0 Å². The maximum Gasteiger partial charge on any atom is 0.150 e. The number of nitrogens with one attached hydrogen (secondary N) is 8. The molecule has 1 aliphatic carbocycles. The Morgan fingerprint density at radius 1 is 0.406 bits per heavy atom. The molecule has 0 radical (unpaired) electrons. The van der Waals surface area contributed by atoms with Gasteiger partial charge in [-0.1, -0.05) is 0 Å². The summed E-state index contributed by atoms with van der Waals surface area (Å²) in [5.41, 5.74) is -0.648. The Labute approximate surface area is 194 Å². The monoisotopic (exact) mass is 452 g/mol.